The molecule has 9 rings (SSSR count). The smallest absolute Gasteiger partial charge is 0.335 e. The number of carboxylic acids is 1. The van der Waals surface area contributed by atoms with E-state index in [-0.39, 0.29) is 12.0 Å². The van der Waals surface area contributed by atoms with Gasteiger partial charge >= 0.3 is 5.97 Å². The van der Waals surface area contributed by atoms with Crippen LogP contribution >= 0.6 is 34.5 Å². The van der Waals surface area contributed by atoms with E-state index in [1.54, 1.807) is 22.1 Å². The molecule has 0 radical (unpaired) electrons. The van der Waals surface area contributed by atoms with Crippen LogP contribution in [0.25, 0.3) is 15.9 Å². The number of para-hydroxylation sites is 1. The number of benzene rings is 2. The molecule has 2 aromatic heterocycles. The summed E-state index contributed by atoms with van der Waals surface area (Å²) in [4.78, 5) is 19.6. The molecule has 0 amide bonds. The van der Waals surface area contributed by atoms with Gasteiger partial charge in [0.2, 0.25) is 0 Å². The fourth-order valence-electron chi connectivity index (χ4n) is 7.29. The summed E-state index contributed by atoms with van der Waals surface area (Å²) in [6.07, 6.45) is 7.23. The molecule has 2 aliphatic carbocycles. The number of carbonyl (C=O) groups is 1. The first-order chi connectivity index (χ1) is 21.4. The lowest BCUT2D eigenvalue weighted by Gasteiger charge is -2.49. The Labute approximate surface area is 269 Å². The number of hydrogen-bond donors (Lipinski definition) is 1. The Bertz CT molecular complexity index is 1710. The Balaban J connectivity index is 1.03. The second-order valence-corrected chi connectivity index (χ2v) is 14.3. The number of rotatable bonds is 8. The van der Waals surface area contributed by atoms with E-state index < -0.39 is 5.97 Å². The highest BCUT2D eigenvalue weighted by Crippen LogP contribution is 2.45. The quantitative estimate of drug-likeness (QED) is 0.212. The Morgan fingerprint density at radius 2 is 1.86 bits per heavy atom. The topological polar surface area (TPSA) is 103 Å². The zero-order valence-electron chi connectivity index (χ0n) is 24.1. The van der Waals surface area contributed by atoms with Crippen LogP contribution in [-0.2, 0) is 16.1 Å². The Kier molecular flexibility index (Phi) is 7.53. The summed E-state index contributed by atoms with van der Waals surface area (Å²) in [5, 5.41) is 20.9. The highest BCUT2D eigenvalue weighted by atomic mass is 35.5. The number of carboxylic acid groups (broad SMARTS) is 1. The number of aromatic carboxylic acids is 1. The van der Waals surface area contributed by atoms with E-state index in [4.69, 9.17) is 37.7 Å². The van der Waals surface area contributed by atoms with E-state index in [2.05, 4.69) is 15.2 Å². The van der Waals surface area contributed by atoms with Gasteiger partial charge in [0.05, 0.1) is 49.9 Å². The first kappa shape index (κ1) is 28.7. The lowest BCUT2D eigenvalue weighted by Crippen LogP contribution is -2.55. The molecule has 3 aliphatic heterocycles. The molecule has 2 aromatic carbocycles. The number of piperidine rings is 2. The van der Waals surface area contributed by atoms with Crippen molar-refractivity contribution >= 4 is 55.9 Å². The van der Waals surface area contributed by atoms with Crippen LogP contribution in [0.15, 0.2) is 30.3 Å². The molecule has 5 fully saturated rings. The highest BCUT2D eigenvalue weighted by molar-refractivity contribution is 7.22. The molecule has 2 bridgehead atoms. The highest BCUT2D eigenvalue weighted by Gasteiger charge is 2.43. The first-order valence-electron chi connectivity index (χ1n) is 15.5. The molecule has 1 unspecified atom stereocenters. The zero-order chi connectivity index (χ0) is 29.9. The third-order valence-corrected chi connectivity index (χ3v) is 11.4. The second-order valence-electron chi connectivity index (χ2n) is 12.5. The lowest BCUT2D eigenvalue weighted by atomic mass is 9.78. The number of nitrogens with zero attached hydrogens (tertiary/aromatic N) is 5. The van der Waals surface area contributed by atoms with Crippen LogP contribution in [0.3, 0.4) is 0 Å². The average molecular weight is 655 g/mol. The van der Waals surface area contributed by atoms with Gasteiger partial charge in [-0.15, -0.1) is 5.10 Å². The third kappa shape index (κ3) is 5.18. The van der Waals surface area contributed by atoms with Crippen molar-refractivity contribution in [3.05, 3.63) is 62.9 Å². The molecule has 44 heavy (non-hydrogen) atoms. The largest absolute Gasteiger partial charge is 0.478 e. The van der Waals surface area contributed by atoms with E-state index in [0.717, 1.165) is 83.8 Å². The molecule has 2 saturated carbocycles. The molecule has 1 N–H and O–H groups in total. The van der Waals surface area contributed by atoms with Crippen LogP contribution in [0.2, 0.25) is 10.0 Å². The van der Waals surface area contributed by atoms with E-state index in [0.29, 0.717) is 59.0 Å². The van der Waals surface area contributed by atoms with Crippen LogP contribution in [0, 0.1) is 5.92 Å². The maximum Gasteiger partial charge on any atom is 0.335 e. The third-order valence-electron chi connectivity index (χ3n) is 9.78. The van der Waals surface area contributed by atoms with Gasteiger partial charge in [-0.1, -0.05) is 45.8 Å². The van der Waals surface area contributed by atoms with Gasteiger partial charge in [-0.3, -0.25) is 0 Å². The average Bonchev–Trinajstić information content (AvgIpc) is 3.65. The number of fused-ring (bicyclic) bond motifs is 4. The minimum Gasteiger partial charge on any atom is -0.478 e. The number of halogens is 2. The number of aromatic nitrogens is 4. The van der Waals surface area contributed by atoms with Crippen LogP contribution in [0.1, 0.15) is 84.1 Å². The normalized spacial score (nSPS) is 24.0. The van der Waals surface area contributed by atoms with E-state index in [9.17, 15) is 9.90 Å². The predicted molar refractivity (Wildman–Crippen MR) is 170 cm³/mol. The van der Waals surface area contributed by atoms with Crippen molar-refractivity contribution in [3.8, 4) is 5.69 Å². The molecule has 5 aliphatic rings. The van der Waals surface area contributed by atoms with Crippen molar-refractivity contribution in [2.45, 2.75) is 75.5 Å². The SMILES string of the molecule is O=C(O)c1cc(C2CCOCC2)c2nc(N3C[C@@H]4CCC3C[C@H]4OCc3c(C4CC4)nnn3-c3c(Cl)cccc3Cl)sc2c1. The number of thiazole rings is 1. The molecule has 4 aromatic rings. The van der Waals surface area contributed by atoms with E-state index >= 15 is 0 Å². The molecule has 12 heteroatoms. The molecule has 3 saturated heterocycles. The molecule has 230 valence electrons. The fraction of sp³-hybridized carbons (Fsp3) is 0.500. The van der Waals surface area contributed by atoms with Gasteiger partial charge < -0.3 is 19.5 Å². The van der Waals surface area contributed by atoms with Crippen molar-refractivity contribution in [1.82, 2.24) is 20.0 Å². The first-order valence-corrected chi connectivity index (χ1v) is 17.0. The molecule has 0 spiro atoms. The van der Waals surface area contributed by atoms with Gasteiger partial charge in [0, 0.05) is 37.6 Å². The standard InChI is InChI=1S/C32H33Cl2N5O4S/c33-23-2-1-3-24(34)30(23)39-25(28(36-37-39)18-4-5-18)16-43-26-14-21-7-6-19(26)15-38(21)32-35-29-22(17-8-10-42-11-9-17)12-20(31(40)41)13-27(29)44-32/h1-3,12-13,17-19,21,26H,4-11,14-16H2,(H,40,41)/t19-,21?,26+/m0/s1. The van der Waals surface area contributed by atoms with Crippen LogP contribution < -0.4 is 4.90 Å². The fourth-order valence-corrected chi connectivity index (χ4v) is 8.97. The van der Waals surface area contributed by atoms with Crippen molar-refractivity contribution in [3.63, 3.8) is 0 Å². The molecule has 9 nitrogen and oxygen atoms in total. The summed E-state index contributed by atoms with van der Waals surface area (Å²) in [7, 11) is 0. The summed E-state index contributed by atoms with van der Waals surface area (Å²) in [5.74, 6) is 0.147. The minimum atomic E-state index is -0.898. The van der Waals surface area contributed by atoms with Crippen LogP contribution in [0.5, 0.6) is 0 Å². The molecular weight excluding hydrogens is 621 g/mol. The Morgan fingerprint density at radius 1 is 1.07 bits per heavy atom. The minimum absolute atomic E-state index is 0.118. The zero-order valence-corrected chi connectivity index (χ0v) is 26.5. The van der Waals surface area contributed by atoms with Gasteiger partial charge in [0.25, 0.3) is 0 Å². The Hall–Kier alpha value is -2.76. The lowest BCUT2D eigenvalue weighted by molar-refractivity contribution is -0.0417. The predicted octanol–water partition coefficient (Wildman–Crippen LogP) is 7.23. The van der Waals surface area contributed by atoms with Crippen molar-refractivity contribution in [1.29, 1.82) is 0 Å². The van der Waals surface area contributed by atoms with Crippen molar-refractivity contribution < 1.29 is 19.4 Å². The summed E-state index contributed by atoms with van der Waals surface area (Å²) in [6.45, 7) is 2.67. The van der Waals surface area contributed by atoms with Gasteiger partial charge in [0.15, 0.2) is 5.13 Å². The number of ether oxygens (including phenoxy) is 2. The number of hydrogen-bond acceptors (Lipinski definition) is 8. The maximum atomic E-state index is 12.0. The second kappa shape index (κ2) is 11.6. The summed E-state index contributed by atoms with van der Waals surface area (Å²) >= 11 is 14.7. The van der Waals surface area contributed by atoms with E-state index in [1.165, 1.54) is 0 Å². The monoisotopic (exact) mass is 653 g/mol. The number of anilines is 1. The maximum absolute atomic E-state index is 12.0. The van der Waals surface area contributed by atoms with Gasteiger partial charge in [-0.2, -0.15) is 0 Å². The van der Waals surface area contributed by atoms with Crippen LogP contribution in [0.4, 0.5) is 5.13 Å². The summed E-state index contributed by atoms with van der Waals surface area (Å²) < 4.78 is 15.0. The summed E-state index contributed by atoms with van der Waals surface area (Å²) in [6, 6.07) is 9.41. The van der Waals surface area contributed by atoms with Gasteiger partial charge in [0.1, 0.15) is 5.69 Å². The Morgan fingerprint density at radius 3 is 2.57 bits per heavy atom. The van der Waals surface area contributed by atoms with Crippen LogP contribution in [-0.4, -0.2) is 63.0 Å². The molecule has 3 atom stereocenters. The van der Waals surface area contributed by atoms with Gasteiger partial charge in [-0.05, 0) is 80.7 Å². The summed E-state index contributed by atoms with van der Waals surface area (Å²) in [5.41, 5.74) is 4.89. The van der Waals surface area contributed by atoms with Gasteiger partial charge in [-0.25, -0.2) is 14.5 Å². The van der Waals surface area contributed by atoms with Crippen molar-refractivity contribution in [2.24, 2.45) is 5.92 Å². The molecule has 5 heterocycles. The molecular formula is C32H33Cl2N5O4S. The van der Waals surface area contributed by atoms with Crippen molar-refractivity contribution in [2.75, 3.05) is 24.7 Å². The van der Waals surface area contributed by atoms with E-state index in [1.807, 2.05) is 24.3 Å².